The van der Waals surface area contributed by atoms with Crippen LogP contribution in [0.2, 0.25) is 5.02 Å². The van der Waals surface area contributed by atoms with Gasteiger partial charge in [0.25, 0.3) is 5.91 Å². The standard InChI is InChI=1S/C26H23ClN2O3/c1-31-22-14-17-11-13-29(26(30)19-8-5-6-16-10-12-28-24(16)19)25(20(17)15-23(22)32-2)18-7-3-4-9-21(18)27/h3-10,12,14-15,25,28H,11,13H2,1-2H3/t25-/m0/s1. The number of halogens is 1. The van der Waals surface area contributed by atoms with Gasteiger partial charge in [0, 0.05) is 23.2 Å². The molecule has 1 aromatic heterocycles. The van der Waals surface area contributed by atoms with E-state index >= 15 is 0 Å². The Bertz CT molecular complexity index is 1310. The molecule has 0 spiro atoms. The highest BCUT2D eigenvalue weighted by Crippen LogP contribution is 2.43. The van der Waals surface area contributed by atoms with E-state index in [1.807, 2.05) is 71.8 Å². The zero-order valence-corrected chi connectivity index (χ0v) is 18.6. The van der Waals surface area contributed by atoms with Gasteiger partial charge in [-0.25, -0.2) is 0 Å². The quantitative estimate of drug-likeness (QED) is 0.442. The van der Waals surface area contributed by atoms with Crippen LogP contribution >= 0.6 is 11.6 Å². The highest BCUT2D eigenvalue weighted by Gasteiger charge is 2.35. The molecule has 0 saturated carbocycles. The second-order valence-electron chi connectivity index (χ2n) is 7.83. The minimum absolute atomic E-state index is 0.0385. The number of carbonyl (C=O) groups is 1. The molecule has 5 rings (SSSR count). The molecule has 32 heavy (non-hydrogen) atoms. The lowest BCUT2D eigenvalue weighted by molar-refractivity contribution is 0.0696. The first-order chi connectivity index (χ1) is 15.6. The minimum atomic E-state index is -0.343. The van der Waals surface area contributed by atoms with Crippen LogP contribution in [0.4, 0.5) is 0 Å². The van der Waals surface area contributed by atoms with Crippen LogP contribution in [0.15, 0.2) is 66.9 Å². The first kappa shape index (κ1) is 20.5. The summed E-state index contributed by atoms with van der Waals surface area (Å²) in [4.78, 5) is 19.0. The van der Waals surface area contributed by atoms with Gasteiger partial charge in [0.15, 0.2) is 11.5 Å². The molecule has 5 nitrogen and oxygen atoms in total. The normalized spacial score (nSPS) is 15.5. The van der Waals surface area contributed by atoms with E-state index in [2.05, 4.69) is 4.98 Å². The average molecular weight is 447 g/mol. The lowest BCUT2D eigenvalue weighted by Crippen LogP contribution is -2.41. The van der Waals surface area contributed by atoms with E-state index in [1.54, 1.807) is 14.2 Å². The fraction of sp³-hybridized carbons (Fsp3) is 0.192. The highest BCUT2D eigenvalue weighted by molar-refractivity contribution is 6.31. The molecule has 0 bridgehead atoms. The van der Waals surface area contributed by atoms with E-state index in [-0.39, 0.29) is 11.9 Å². The van der Waals surface area contributed by atoms with Gasteiger partial charge in [-0.1, -0.05) is 41.9 Å². The molecule has 1 atom stereocenters. The van der Waals surface area contributed by atoms with Gasteiger partial charge < -0.3 is 19.4 Å². The Morgan fingerprint density at radius 2 is 1.78 bits per heavy atom. The van der Waals surface area contributed by atoms with Gasteiger partial charge in [0.05, 0.1) is 31.3 Å². The van der Waals surface area contributed by atoms with Crippen molar-refractivity contribution in [3.8, 4) is 11.5 Å². The van der Waals surface area contributed by atoms with Crippen molar-refractivity contribution in [1.29, 1.82) is 0 Å². The van der Waals surface area contributed by atoms with Gasteiger partial charge in [-0.3, -0.25) is 4.79 Å². The molecule has 0 saturated heterocycles. The zero-order valence-electron chi connectivity index (χ0n) is 17.9. The molecular formula is C26H23ClN2O3. The number of benzene rings is 3. The molecule has 1 N–H and O–H groups in total. The Balaban J connectivity index is 1.69. The van der Waals surface area contributed by atoms with E-state index in [1.165, 1.54) is 0 Å². The number of aromatic amines is 1. The van der Waals surface area contributed by atoms with Crippen molar-refractivity contribution in [1.82, 2.24) is 9.88 Å². The van der Waals surface area contributed by atoms with Gasteiger partial charge >= 0.3 is 0 Å². The Morgan fingerprint density at radius 1 is 1.00 bits per heavy atom. The lowest BCUT2D eigenvalue weighted by atomic mass is 9.87. The molecule has 1 amide bonds. The molecule has 2 heterocycles. The number of aromatic nitrogens is 1. The molecule has 0 aliphatic carbocycles. The van der Waals surface area contributed by atoms with Crippen molar-refractivity contribution in [2.24, 2.45) is 0 Å². The van der Waals surface area contributed by atoms with E-state index in [4.69, 9.17) is 21.1 Å². The number of amides is 1. The monoisotopic (exact) mass is 446 g/mol. The maximum absolute atomic E-state index is 13.9. The predicted octanol–water partition coefficient (Wildman–Crippen LogP) is 5.63. The van der Waals surface area contributed by atoms with Crippen LogP contribution in [-0.2, 0) is 6.42 Å². The largest absolute Gasteiger partial charge is 0.493 e. The van der Waals surface area contributed by atoms with Crippen LogP contribution in [-0.4, -0.2) is 36.6 Å². The Morgan fingerprint density at radius 3 is 2.56 bits per heavy atom. The maximum Gasteiger partial charge on any atom is 0.256 e. The van der Waals surface area contributed by atoms with Crippen molar-refractivity contribution >= 4 is 28.4 Å². The van der Waals surface area contributed by atoms with Crippen molar-refractivity contribution in [3.63, 3.8) is 0 Å². The second kappa shape index (κ2) is 8.24. The number of nitrogens with one attached hydrogen (secondary N) is 1. The van der Waals surface area contributed by atoms with E-state index in [9.17, 15) is 4.79 Å². The predicted molar refractivity (Wildman–Crippen MR) is 126 cm³/mol. The van der Waals surface area contributed by atoms with Crippen molar-refractivity contribution in [2.75, 3.05) is 20.8 Å². The SMILES string of the molecule is COc1cc2c(cc1OC)[C@H](c1ccccc1Cl)N(C(=O)c1cccc3cc[nH]c13)CC2. The van der Waals surface area contributed by atoms with Crippen LogP contribution in [0.5, 0.6) is 11.5 Å². The van der Waals surface area contributed by atoms with Gasteiger partial charge in [0.2, 0.25) is 0 Å². The summed E-state index contributed by atoms with van der Waals surface area (Å²) in [5.74, 6) is 1.27. The summed E-state index contributed by atoms with van der Waals surface area (Å²) in [6, 6.07) is 19.1. The summed E-state index contributed by atoms with van der Waals surface area (Å²) >= 11 is 6.65. The first-order valence-electron chi connectivity index (χ1n) is 10.5. The number of para-hydroxylation sites is 1. The molecule has 0 fully saturated rings. The van der Waals surface area contributed by atoms with E-state index < -0.39 is 0 Å². The lowest BCUT2D eigenvalue weighted by Gasteiger charge is -2.38. The number of hydrogen-bond acceptors (Lipinski definition) is 3. The van der Waals surface area contributed by atoms with Crippen LogP contribution in [0.25, 0.3) is 10.9 Å². The number of fused-ring (bicyclic) bond motifs is 2. The number of nitrogens with zero attached hydrogens (tertiary/aromatic N) is 1. The third-order valence-corrected chi connectivity index (χ3v) is 6.50. The van der Waals surface area contributed by atoms with Crippen LogP contribution in [0, 0.1) is 0 Å². The summed E-state index contributed by atoms with van der Waals surface area (Å²) in [6.07, 6.45) is 2.57. The number of ether oxygens (including phenoxy) is 2. The fourth-order valence-electron chi connectivity index (χ4n) is 4.61. The topological polar surface area (TPSA) is 54.6 Å². The van der Waals surface area contributed by atoms with Crippen molar-refractivity contribution < 1.29 is 14.3 Å². The molecule has 3 aromatic carbocycles. The van der Waals surface area contributed by atoms with Gasteiger partial charge in [-0.05, 0) is 53.4 Å². The third-order valence-electron chi connectivity index (χ3n) is 6.15. The summed E-state index contributed by atoms with van der Waals surface area (Å²) in [6.45, 7) is 0.564. The van der Waals surface area contributed by atoms with Gasteiger partial charge in [0.1, 0.15) is 0 Å². The summed E-state index contributed by atoms with van der Waals surface area (Å²) in [7, 11) is 3.25. The molecular weight excluding hydrogens is 424 g/mol. The molecule has 1 aliphatic rings. The van der Waals surface area contributed by atoms with Gasteiger partial charge in [-0.2, -0.15) is 0 Å². The van der Waals surface area contributed by atoms with Crippen molar-refractivity contribution in [3.05, 3.63) is 94.1 Å². The average Bonchev–Trinajstić information content (AvgIpc) is 3.31. The Labute approximate surface area is 191 Å². The molecule has 4 aromatic rings. The Kier molecular flexibility index (Phi) is 5.27. The molecule has 6 heteroatoms. The number of hydrogen-bond donors (Lipinski definition) is 1. The minimum Gasteiger partial charge on any atom is -0.493 e. The highest BCUT2D eigenvalue weighted by atomic mass is 35.5. The summed E-state index contributed by atoms with van der Waals surface area (Å²) in [5.41, 5.74) is 4.49. The van der Waals surface area contributed by atoms with Crippen LogP contribution < -0.4 is 9.47 Å². The van der Waals surface area contributed by atoms with E-state index in [0.717, 1.165) is 27.6 Å². The number of rotatable bonds is 4. The smallest absolute Gasteiger partial charge is 0.256 e. The van der Waals surface area contributed by atoms with Gasteiger partial charge in [-0.15, -0.1) is 0 Å². The number of methoxy groups -OCH3 is 2. The zero-order chi connectivity index (χ0) is 22.2. The second-order valence-corrected chi connectivity index (χ2v) is 8.23. The van der Waals surface area contributed by atoms with Crippen LogP contribution in [0.1, 0.15) is 33.1 Å². The number of H-pyrrole nitrogens is 1. The summed E-state index contributed by atoms with van der Waals surface area (Å²) < 4.78 is 11.1. The fourth-order valence-corrected chi connectivity index (χ4v) is 4.85. The molecule has 0 radical (unpaired) electrons. The Hall–Kier alpha value is -3.44. The van der Waals surface area contributed by atoms with E-state index in [0.29, 0.717) is 35.1 Å². The van der Waals surface area contributed by atoms with Crippen LogP contribution in [0.3, 0.4) is 0 Å². The van der Waals surface area contributed by atoms with Crippen molar-refractivity contribution in [2.45, 2.75) is 12.5 Å². The maximum atomic E-state index is 13.9. The third kappa shape index (κ3) is 3.30. The molecule has 162 valence electrons. The molecule has 1 aliphatic heterocycles. The molecule has 0 unspecified atom stereocenters. The number of carbonyl (C=O) groups excluding carboxylic acids is 1. The first-order valence-corrected chi connectivity index (χ1v) is 10.9. The summed E-state index contributed by atoms with van der Waals surface area (Å²) in [5, 5.41) is 1.63.